The molecule has 1 heterocycles. The number of carbonyl (C=O) groups is 1. The molecule has 2 N–H and O–H groups in total. The van der Waals surface area contributed by atoms with Gasteiger partial charge in [-0.15, -0.1) is 0 Å². The summed E-state index contributed by atoms with van der Waals surface area (Å²) in [6.07, 6.45) is 0. The Morgan fingerprint density at radius 1 is 1.35 bits per heavy atom. The molecule has 1 aliphatic rings. The van der Waals surface area contributed by atoms with E-state index in [0.29, 0.717) is 24.5 Å². The molecule has 0 amide bonds. The Morgan fingerprint density at radius 2 is 2.06 bits per heavy atom. The number of nitrogens with two attached hydrogens (primary N) is 1. The first kappa shape index (κ1) is 11.7. The van der Waals surface area contributed by atoms with Gasteiger partial charge in [0.05, 0.1) is 25.9 Å². The van der Waals surface area contributed by atoms with Gasteiger partial charge in [0, 0.05) is 24.5 Å². The van der Waals surface area contributed by atoms with Crippen LogP contribution in [-0.2, 0) is 9.47 Å². The van der Waals surface area contributed by atoms with Gasteiger partial charge in [-0.2, -0.15) is 0 Å². The Hall–Kier alpha value is -1.75. The molecule has 17 heavy (non-hydrogen) atoms. The number of hydrogen-bond donors (Lipinski definition) is 1. The Kier molecular flexibility index (Phi) is 3.49. The summed E-state index contributed by atoms with van der Waals surface area (Å²) in [5.41, 5.74) is 7.78. The molecule has 0 atom stereocenters. The molecule has 5 nitrogen and oxygen atoms in total. The molecule has 0 radical (unpaired) electrons. The van der Waals surface area contributed by atoms with Crippen LogP contribution in [0.4, 0.5) is 11.4 Å². The summed E-state index contributed by atoms with van der Waals surface area (Å²) in [7, 11) is 1.36. The predicted molar refractivity (Wildman–Crippen MR) is 65.2 cm³/mol. The summed E-state index contributed by atoms with van der Waals surface area (Å²) in [5.74, 6) is -0.369. The molecule has 2 rings (SSSR count). The maximum Gasteiger partial charge on any atom is 0.337 e. The quantitative estimate of drug-likeness (QED) is 0.610. The fraction of sp³-hybridized carbons (Fsp3) is 0.417. The van der Waals surface area contributed by atoms with Gasteiger partial charge in [-0.25, -0.2) is 4.79 Å². The van der Waals surface area contributed by atoms with Gasteiger partial charge >= 0.3 is 5.97 Å². The summed E-state index contributed by atoms with van der Waals surface area (Å²) in [4.78, 5) is 13.6. The number of hydrogen-bond acceptors (Lipinski definition) is 5. The van der Waals surface area contributed by atoms with Crippen molar-refractivity contribution < 1.29 is 14.3 Å². The van der Waals surface area contributed by atoms with E-state index in [0.717, 1.165) is 18.8 Å². The molecule has 5 heteroatoms. The van der Waals surface area contributed by atoms with Crippen molar-refractivity contribution in [3.8, 4) is 0 Å². The lowest BCUT2D eigenvalue weighted by atomic mass is 10.1. The Morgan fingerprint density at radius 3 is 2.71 bits per heavy atom. The van der Waals surface area contributed by atoms with Crippen LogP contribution in [0.5, 0.6) is 0 Å². The lowest BCUT2D eigenvalue weighted by Crippen LogP contribution is -2.36. The van der Waals surface area contributed by atoms with E-state index in [2.05, 4.69) is 4.90 Å². The zero-order chi connectivity index (χ0) is 12.3. The van der Waals surface area contributed by atoms with Crippen LogP contribution in [0.1, 0.15) is 10.4 Å². The van der Waals surface area contributed by atoms with Crippen LogP contribution in [0.3, 0.4) is 0 Å². The second kappa shape index (κ2) is 5.05. The van der Waals surface area contributed by atoms with E-state index >= 15 is 0 Å². The van der Waals surface area contributed by atoms with Crippen molar-refractivity contribution in [2.45, 2.75) is 0 Å². The van der Waals surface area contributed by atoms with E-state index in [1.165, 1.54) is 7.11 Å². The maximum absolute atomic E-state index is 11.5. The molecule has 0 unspecified atom stereocenters. The number of nitrogens with zero attached hydrogens (tertiary/aromatic N) is 1. The van der Waals surface area contributed by atoms with Gasteiger partial charge < -0.3 is 20.1 Å². The van der Waals surface area contributed by atoms with Gasteiger partial charge in [0.1, 0.15) is 0 Å². The summed E-state index contributed by atoms with van der Waals surface area (Å²) < 4.78 is 9.98. The van der Waals surface area contributed by atoms with Crippen molar-refractivity contribution in [3.63, 3.8) is 0 Å². The van der Waals surface area contributed by atoms with Crippen LogP contribution in [0.2, 0.25) is 0 Å². The van der Waals surface area contributed by atoms with E-state index in [4.69, 9.17) is 15.2 Å². The zero-order valence-corrected chi connectivity index (χ0v) is 9.81. The molecular formula is C12H16N2O3. The lowest BCUT2D eigenvalue weighted by molar-refractivity contribution is 0.0601. The van der Waals surface area contributed by atoms with Gasteiger partial charge in [0.2, 0.25) is 0 Å². The second-order valence-corrected chi connectivity index (χ2v) is 3.90. The van der Waals surface area contributed by atoms with E-state index < -0.39 is 0 Å². The highest BCUT2D eigenvalue weighted by Gasteiger charge is 2.14. The largest absolute Gasteiger partial charge is 0.465 e. The van der Waals surface area contributed by atoms with Crippen LogP contribution < -0.4 is 10.6 Å². The second-order valence-electron chi connectivity index (χ2n) is 3.90. The molecule has 0 spiro atoms. The minimum atomic E-state index is -0.369. The van der Waals surface area contributed by atoms with Crippen LogP contribution >= 0.6 is 0 Å². The number of methoxy groups -OCH3 is 1. The summed E-state index contributed by atoms with van der Waals surface area (Å²) in [6.45, 7) is 3.01. The van der Waals surface area contributed by atoms with Crippen molar-refractivity contribution in [2.75, 3.05) is 44.0 Å². The van der Waals surface area contributed by atoms with Crippen molar-refractivity contribution >= 4 is 17.3 Å². The van der Waals surface area contributed by atoms with Gasteiger partial charge in [-0.1, -0.05) is 0 Å². The minimum Gasteiger partial charge on any atom is -0.465 e. The lowest BCUT2D eigenvalue weighted by Gasteiger charge is -2.29. The molecule has 0 aliphatic carbocycles. The first-order valence-electron chi connectivity index (χ1n) is 5.52. The number of anilines is 2. The molecule has 1 aromatic carbocycles. The molecule has 1 fully saturated rings. The normalized spacial score (nSPS) is 15.7. The van der Waals surface area contributed by atoms with Crippen LogP contribution in [-0.4, -0.2) is 39.4 Å². The van der Waals surface area contributed by atoms with Crippen molar-refractivity contribution in [2.24, 2.45) is 0 Å². The average Bonchev–Trinajstić information content (AvgIpc) is 2.38. The minimum absolute atomic E-state index is 0.369. The summed E-state index contributed by atoms with van der Waals surface area (Å²) in [5, 5.41) is 0. The third-order valence-electron chi connectivity index (χ3n) is 2.74. The standard InChI is InChI=1S/C12H16N2O3/c1-16-12(15)9-6-10(13)8-11(7-9)14-2-4-17-5-3-14/h6-8H,2-5,13H2,1H3. The fourth-order valence-electron chi connectivity index (χ4n) is 1.87. The van der Waals surface area contributed by atoms with Crippen molar-refractivity contribution in [3.05, 3.63) is 23.8 Å². The number of carbonyl (C=O) groups excluding carboxylic acids is 1. The van der Waals surface area contributed by atoms with E-state index in [9.17, 15) is 4.79 Å². The van der Waals surface area contributed by atoms with E-state index in [1.807, 2.05) is 6.07 Å². The highest BCUT2D eigenvalue weighted by molar-refractivity contribution is 5.91. The molecule has 1 aliphatic heterocycles. The van der Waals surface area contributed by atoms with Gasteiger partial charge in [0.15, 0.2) is 0 Å². The number of ether oxygens (including phenoxy) is 2. The first-order valence-corrected chi connectivity index (χ1v) is 5.52. The molecular weight excluding hydrogens is 220 g/mol. The van der Waals surface area contributed by atoms with Gasteiger partial charge in [-0.3, -0.25) is 0 Å². The SMILES string of the molecule is COC(=O)c1cc(N)cc(N2CCOCC2)c1. The van der Waals surface area contributed by atoms with Gasteiger partial charge in [0.25, 0.3) is 0 Å². The predicted octanol–water partition coefficient (Wildman–Crippen LogP) is 0.892. The summed E-state index contributed by atoms with van der Waals surface area (Å²) in [6, 6.07) is 5.28. The van der Waals surface area contributed by atoms with Gasteiger partial charge in [-0.05, 0) is 18.2 Å². The maximum atomic E-state index is 11.5. The Labute approximate surface area is 100 Å². The molecule has 1 aromatic rings. The molecule has 92 valence electrons. The number of morpholine rings is 1. The molecule has 0 aromatic heterocycles. The summed E-state index contributed by atoms with van der Waals surface area (Å²) >= 11 is 0. The number of esters is 1. The van der Waals surface area contributed by atoms with Crippen LogP contribution in [0.15, 0.2) is 18.2 Å². The van der Waals surface area contributed by atoms with E-state index in [-0.39, 0.29) is 5.97 Å². The third kappa shape index (κ3) is 2.68. The van der Waals surface area contributed by atoms with Crippen molar-refractivity contribution in [1.29, 1.82) is 0 Å². The van der Waals surface area contributed by atoms with E-state index in [1.54, 1.807) is 12.1 Å². The smallest absolute Gasteiger partial charge is 0.337 e. The first-order chi connectivity index (χ1) is 8.20. The fourth-order valence-corrected chi connectivity index (χ4v) is 1.87. The number of benzene rings is 1. The number of nitrogen functional groups attached to an aromatic ring is 1. The Balaban J connectivity index is 2.27. The zero-order valence-electron chi connectivity index (χ0n) is 9.81. The monoisotopic (exact) mass is 236 g/mol. The molecule has 0 saturated carbocycles. The average molecular weight is 236 g/mol. The third-order valence-corrected chi connectivity index (χ3v) is 2.74. The topological polar surface area (TPSA) is 64.8 Å². The van der Waals surface area contributed by atoms with Crippen LogP contribution in [0.25, 0.3) is 0 Å². The van der Waals surface area contributed by atoms with Crippen molar-refractivity contribution in [1.82, 2.24) is 0 Å². The van der Waals surface area contributed by atoms with Crippen LogP contribution in [0, 0.1) is 0 Å². The molecule has 0 bridgehead atoms. The Bertz CT molecular complexity index is 414. The highest BCUT2D eigenvalue weighted by atomic mass is 16.5. The number of rotatable bonds is 2. The molecule has 1 saturated heterocycles. The highest BCUT2D eigenvalue weighted by Crippen LogP contribution is 2.22.